The first kappa shape index (κ1) is 30.6. The Morgan fingerprint density at radius 3 is 1.15 bits per heavy atom. The van der Waals surface area contributed by atoms with Gasteiger partial charge in [0.25, 0.3) is 0 Å². The Morgan fingerprint density at radius 2 is 0.912 bits per heavy atom. The summed E-state index contributed by atoms with van der Waals surface area (Å²) in [6, 6.07) is 0. The monoisotopic (exact) mass is 506 g/mol. The second-order valence-corrected chi connectivity index (χ2v) is 21.6. The van der Waals surface area contributed by atoms with E-state index in [9.17, 15) is 9.59 Å². The minimum atomic E-state index is -2.02. The molecule has 1 aromatic rings. The topological polar surface area (TPSA) is 52.6 Å². The van der Waals surface area contributed by atoms with Crippen molar-refractivity contribution in [3.63, 3.8) is 0 Å². The SMILES string of the molecule is CCCCCCc1c(CCCCCC)c([Si](C)(C)C)c(C(=O)OC)c(C(=O)OC)c1[Si](C)(C)C. The summed E-state index contributed by atoms with van der Waals surface area (Å²) < 4.78 is 10.6. The Bertz CT molecular complexity index is 764. The van der Waals surface area contributed by atoms with Gasteiger partial charge in [-0.1, -0.05) is 91.7 Å². The van der Waals surface area contributed by atoms with Gasteiger partial charge in [0.1, 0.15) is 0 Å². The fraction of sp³-hybridized carbons (Fsp3) is 0.714. The van der Waals surface area contributed by atoms with Crippen LogP contribution in [0.3, 0.4) is 0 Å². The third-order valence-corrected chi connectivity index (χ3v) is 10.7. The average Bonchev–Trinajstić information content (AvgIpc) is 2.76. The van der Waals surface area contributed by atoms with E-state index in [2.05, 4.69) is 53.1 Å². The van der Waals surface area contributed by atoms with Crippen molar-refractivity contribution < 1.29 is 19.1 Å². The van der Waals surface area contributed by atoms with Crippen LogP contribution in [0.25, 0.3) is 0 Å². The summed E-state index contributed by atoms with van der Waals surface area (Å²) in [6.45, 7) is 18.1. The number of carbonyl (C=O) groups is 2. The molecule has 4 nitrogen and oxygen atoms in total. The molecule has 6 heteroatoms. The molecular weight excluding hydrogens is 456 g/mol. The van der Waals surface area contributed by atoms with E-state index >= 15 is 0 Å². The van der Waals surface area contributed by atoms with Gasteiger partial charge in [0.2, 0.25) is 0 Å². The third kappa shape index (κ3) is 7.80. The van der Waals surface area contributed by atoms with Crippen molar-refractivity contribution in [1.29, 1.82) is 0 Å². The van der Waals surface area contributed by atoms with Gasteiger partial charge in [0, 0.05) is 0 Å². The predicted molar refractivity (Wildman–Crippen MR) is 151 cm³/mol. The Labute approximate surface area is 211 Å². The summed E-state index contributed by atoms with van der Waals surface area (Å²) in [7, 11) is -1.20. The van der Waals surface area contributed by atoms with Crippen LogP contribution in [0.2, 0.25) is 39.3 Å². The maximum Gasteiger partial charge on any atom is 0.338 e. The van der Waals surface area contributed by atoms with Crippen LogP contribution < -0.4 is 10.4 Å². The molecule has 0 unspecified atom stereocenters. The van der Waals surface area contributed by atoms with E-state index in [-0.39, 0.29) is 0 Å². The largest absolute Gasteiger partial charge is 0.465 e. The molecule has 0 aliphatic rings. The zero-order valence-corrected chi connectivity index (χ0v) is 25.7. The van der Waals surface area contributed by atoms with Gasteiger partial charge in [-0.25, -0.2) is 9.59 Å². The highest BCUT2D eigenvalue weighted by Gasteiger charge is 2.39. The Kier molecular flexibility index (Phi) is 12.3. The number of rotatable bonds is 14. The van der Waals surface area contributed by atoms with Gasteiger partial charge in [-0.2, -0.15) is 0 Å². The number of unbranched alkanes of at least 4 members (excludes halogenated alkanes) is 6. The number of ether oxygens (including phenoxy) is 2. The lowest BCUT2D eigenvalue weighted by molar-refractivity contribution is 0.0557. The van der Waals surface area contributed by atoms with Gasteiger partial charge < -0.3 is 9.47 Å². The Morgan fingerprint density at radius 1 is 0.588 bits per heavy atom. The molecule has 0 bridgehead atoms. The Hall–Kier alpha value is -1.41. The summed E-state index contributed by atoms with van der Waals surface area (Å²) in [6.07, 6.45) is 11.3. The lowest BCUT2D eigenvalue weighted by Crippen LogP contribution is -2.53. The zero-order valence-electron chi connectivity index (χ0n) is 23.7. The quantitative estimate of drug-likeness (QED) is 0.162. The first-order valence-corrected chi connectivity index (χ1v) is 20.3. The molecular formula is C28H50O4Si2. The molecule has 1 aromatic carbocycles. The van der Waals surface area contributed by atoms with Gasteiger partial charge in [-0.3, -0.25) is 0 Å². The van der Waals surface area contributed by atoms with Crippen molar-refractivity contribution in [3.05, 3.63) is 22.3 Å². The molecule has 1 rings (SSSR count). The fourth-order valence-corrected chi connectivity index (χ4v) is 9.45. The standard InChI is InChI=1S/C28H50O4Si2/c1-11-13-15-17-19-21-22(20-18-16-14-12-2)26(34(8,9)10)24(28(30)32-4)23(27(29)31-3)25(21)33(5,6)7/h11-20H2,1-10H3. The maximum atomic E-state index is 13.3. The normalized spacial score (nSPS) is 12.1. The maximum absolute atomic E-state index is 13.3. The van der Waals surface area contributed by atoms with E-state index in [0.29, 0.717) is 11.1 Å². The van der Waals surface area contributed by atoms with Crippen molar-refractivity contribution in [2.45, 2.75) is 117 Å². The molecule has 0 N–H and O–H groups in total. The summed E-state index contributed by atoms with van der Waals surface area (Å²) in [5.41, 5.74) is 3.68. The van der Waals surface area contributed by atoms with E-state index in [0.717, 1.165) is 36.1 Å². The number of benzene rings is 1. The summed E-state index contributed by atoms with van der Waals surface area (Å²) >= 11 is 0. The molecule has 0 atom stereocenters. The van der Waals surface area contributed by atoms with Gasteiger partial charge >= 0.3 is 11.9 Å². The fourth-order valence-electron chi connectivity index (χ4n) is 5.13. The summed E-state index contributed by atoms with van der Waals surface area (Å²) in [4.78, 5) is 26.7. The lowest BCUT2D eigenvalue weighted by atomic mass is 9.91. The van der Waals surface area contributed by atoms with Crippen LogP contribution in [-0.2, 0) is 22.3 Å². The van der Waals surface area contributed by atoms with E-state index in [1.165, 1.54) is 63.9 Å². The van der Waals surface area contributed by atoms with Crippen molar-refractivity contribution in [2.75, 3.05) is 14.2 Å². The van der Waals surface area contributed by atoms with Crippen molar-refractivity contribution in [1.82, 2.24) is 0 Å². The molecule has 0 aromatic heterocycles. The van der Waals surface area contributed by atoms with E-state index in [4.69, 9.17) is 9.47 Å². The van der Waals surface area contributed by atoms with Gasteiger partial charge in [-0.05, 0) is 47.2 Å². The summed E-state index contributed by atoms with van der Waals surface area (Å²) in [5.74, 6) is -0.797. The first-order valence-electron chi connectivity index (χ1n) is 13.3. The van der Waals surface area contributed by atoms with Gasteiger partial charge in [0.15, 0.2) is 0 Å². The van der Waals surface area contributed by atoms with Crippen LogP contribution in [0.4, 0.5) is 0 Å². The molecule has 0 saturated heterocycles. The van der Waals surface area contributed by atoms with Crippen molar-refractivity contribution in [3.8, 4) is 0 Å². The minimum Gasteiger partial charge on any atom is -0.465 e. The summed E-state index contributed by atoms with van der Waals surface area (Å²) in [5, 5.41) is 2.23. The van der Waals surface area contributed by atoms with Crippen LogP contribution in [0.1, 0.15) is 97.1 Å². The first-order chi connectivity index (χ1) is 15.9. The zero-order chi connectivity index (χ0) is 26.1. The molecule has 0 amide bonds. The molecule has 0 aliphatic heterocycles. The lowest BCUT2D eigenvalue weighted by Gasteiger charge is -2.34. The Balaban J connectivity index is 4.14. The highest BCUT2D eigenvalue weighted by Crippen LogP contribution is 2.27. The number of esters is 2. The molecule has 0 spiro atoms. The van der Waals surface area contributed by atoms with E-state index in [1.54, 1.807) is 0 Å². The molecule has 194 valence electrons. The highest BCUT2D eigenvalue weighted by molar-refractivity contribution is 6.92. The number of methoxy groups -OCH3 is 2. The number of hydrogen-bond donors (Lipinski definition) is 0. The van der Waals surface area contributed by atoms with E-state index in [1.807, 2.05) is 0 Å². The van der Waals surface area contributed by atoms with E-state index < -0.39 is 28.1 Å². The minimum absolute atomic E-state index is 0.398. The van der Waals surface area contributed by atoms with Crippen molar-refractivity contribution >= 4 is 38.5 Å². The van der Waals surface area contributed by atoms with Crippen LogP contribution in [-0.4, -0.2) is 42.3 Å². The average molecular weight is 507 g/mol. The van der Waals surface area contributed by atoms with Crippen LogP contribution >= 0.6 is 0 Å². The predicted octanol–water partition coefficient (Wildman–Crippen LogP) is 6.60. The van der Waals surface area contributed by atoms with Crippen molar-refractivity contribution in [2.24, 2.45) is 0 Å². The van der Waals surface area contributed by atoms with Crippen LogP contribution in [0.15, 0.2) is 0 Å². The molecule has 0 heterocycles. The molecule has 34 heavy (non-hydrogen) atoms. The molecule has 0 fully saturated rings. The highest BCUT2D eigenvalue weighted by atomic mass is 28.3. The number of hydrogen-bond acceptors (Lipinski definition) is 4. The van der Waals surface area contributed by atoms with Crippen LogP contribution in [0, 0.1) is 0 Å². The van der Waals surface area contributed by atoms with Gasteiger partial charge in [0.05, 0.1) is 41.5 Å². The second kappa shape index (κ2) is 13.6. The van der Waals surface area contributed by atoms with Crippen LogP contribution in [0.5, 0.6) is 0 Å². The third-order valence-electron chi connectivity index (χ3n) is 6.56. The van der Waals surface area contributed by atoms with Gasteiger partial charge in [-0.15, -0.1) is 0 Å². The molecule has 0 aliphatic carbocycles. The molecule has 0 saturated carbocycles. The second-order valence-electron chi connectivity index (χ2n) is 11.6. The smallest absolute Gasteiger partial charge is 0.338 e. The molecule has 0 radical (unpaired) electrons. The number of carbonyl (C=O) groups excluding carboxylic acids is 2.